The van der Waals surface area contributed by atoms with Gasteiger partial charge in [-0.15, -0.1) is 0 Å². The quantitative estimate of drug-likeness (QED) is 0.639. The summed E-state index contributed by atoms with van der Waals surface area (Å²) in [6.45, 7) is 17.4. The Balaban J connectivity index is 4.14. The molecule has 0 aromatic rings. The van der Waals surface area contributed by atoms with E-state index in [0.717, 1.165) is 18.4 Å². The van der Waals surface area contributed by atoms with Crippen LogP contribution in [0.25, 0.3) is 0 Å². The third-order valence-corrected chi connectivity index (χ3v) is 3.52. The maximum Gasteiger partial charge on any atom is 0.00720 e. The Morgan fingerprint density at radius 3 is 1.88 bits per heavy atom. The molecule has 1 nitrogen and oxygen atoms in total. The Kier molecular flexibility index (Phi) is 8.11. The molecule has 0 aliphatic rings. The summed E-state index contributed by atoms with van der Waals surface area (Å²) in [6.07, 6.45) is 5.29. The van der Waals surface area contributed by atoms with Crippen LogP contribution >= 0.6 is 0 Å². The lowest BCUT2D eigenvalue weighted by Crippen LogP contribution is -2.32. The maximum atomic E-state index is 3.66. The monoisotopic (exact) mass is 241 g/mol. The molecule has 0 aliphatic heterocycles. The van der Waals surface area contributed by atoms with Crippen LogP contribution in [0.1, 0.15) is 74.1 Å². The second kappa shape index (κ2) is 8.13. The fraction of sp³-hybridized carbons (Fsp3) is 1.00. The molecule has 104 valence electrons. The summed E-state index contributed by atoms with van der Waals surface area (Å²) in [6, 6.07) is 0.715. The van der Waals surface area contributed by atoms with Gasteiger partial charge in [0.15, 0.2) is 0 Å². The van der Waals surface area contributed by atoms with Crippen molar-refractivity contribution in [3.63, 3.8) is 0 Å². The first kappa shape index (κ1) is 17.0. The zero-order valence-corrected chi connectivity index (χ0v) is 13.3. The van der Waals surface area contributed by atoms with Crippen molar-refractivity contribution in [2.24, 2.45) is 17.3 Å². The normalized spacial score (nSPS) is 17.8. The molecule has 0 amide bonds. The van der Waals surface area contributed by atoms with E-state index in [2.05, 4.69) is 53.8 Å². The number of rotatable bonds is 8. The highest BCUT2D eigenvalue weighted by Crippen LogP contribution is 2.28. The fourth-order valence-electron chi connectivity index (χ4n) is 2.82. The van der Waals surface area contributed by atoms with Gasteiger partial charge < -0.3 is 5.32 Å². The summed E-state index contributed by atoms with van der Waals surface area (Å²) >= 11 is 0. The molecule has 0 rings (SSSR count). The highest BCUT2D eigenvalue weighted by molar-refractivity contribution is 4.75. The minimum absolute atomic E-state index is 0.465. The molecule has 0 radical (unpaired) electrons. The van der Waals surface area contributed by atoms with Crippen LogP contribution in [-0.4, -0.2) is 12.6 Å². The van der Waals surface area contributed by atoms with Crippen molar-refractivity contribution in [3.8, 4) is 0 Å². The summed E-state index contributed by atoms with van der Waals surface area (Å²) in [5, 5.41) is 3.66. The van der Waals surface area contributed by atoms with Gasteiger partial charge in [-0.25, -0.2) is 0 Å². The van der Waals surface area contributed by atoms with Crippen LogP contribution in [0.5, 0.6) is 0 Å². The van der Waals surface area contributed by atoms with Gasteiger partial charge in [-0.3, -0.25) is 0 Å². The van der Waals surface area contributed by atoms with E-state index in [9.17, 15) is 0 Å². The second-order valence-corrected chi connectivity index (χ2v) is 7.11. The van der Waals surface area contributed by atoms with Crippen molar-refractivity contribution in [2.45, 2.75) is 80.2 Å². The van der Waals surface area contributed by atoms with E-state index < -0.39 is 0 Å². The molecule has 0 aromatic heterocycles. The molecule has 0 saturated carbocycles. The predicted octanol–water partition coefficient (Wildman–Crippen LogP) is 4.86. The third kappa shape index (κ3) is 9.64. The first-order valence-electron chi connectivity index (χ1n) is 7.51. The van der Waals surface area contributed by atoms with Crippen molar-refractivity contribution in [3.05, 3.63) is 0 Å². The molecule has 17 heavy (non-hydrogen) atoms. The Hall–Kier alpha value is -0.0400. The van der Waals surface area contributed by atoms with Gasteiger partial charge in [-0.05, 0) is 43.1 Å². The molecule has 0 heterocycles. The summed E-state index contributed by atoms with van der Waals surface area (Å²) in [7, 11) is 0. The van der Waals surface area contributed by atoms with Crippen molar-refractivity contribution < 1.29 is 0 Å². The van der Waals surface area contributed by atoms with Crippen LogP contribution in [0.4, 0.5) is 0 Å². The predicted molar refractivity (Wildman–Crippen MR) is 79.4 cm³/mol. The smallest absolute Gasteiger partial charge is 0.00720 e. The van der Waals surface area contributed by atoms with Crippen molar-refractivity contribution in [2.75, 3.05) is 6.54 Å². The van der Waals surface area contributed by atoms with Crippen LogP contribution in [-0.2, 0) is 0 Å². The molecule has 0 aliphatic carbocycles. The highest BCUT2D eigenvalue weighted by atomic mass is 14.9. The average Bonchev–Trinajstić information content (AvgIpc) is 2.14. The molecule has 0 fully saturated rings. The van der Waals surface area contributed by atoms with Crippen LogP contribution in [0.2, 0.25) is 0 Å². The van der Waals surface area contributed by atoms with Gasteiger partial charge in [-0.1, -0.05) is 54.9 Å². The van der Waals surface area contributed by atoms with Gasteiger partial charge >= 0.3 is 0 Å². The van der Waals surface area contributed by atoms with Gasteiger partial charge in [0, 0.05) is 6.04 Å². The molecular weight excluding hydrogens is 206 g/mol. The number of nitrogens with one attached hydrogen (secondary N) is 1. The van der Waals surface area contributed by atoms with Crippen molar-refractivity contribution >= 4 is 0 Å². The highest BCUT2D eigenvalue weighted by Gasteiger charge is 2.19. The number of hydrogen-bond acceptors (Lipinski definition) is 1. The molecule has 0 aromatic carbocycles. The zero-order chi connectivity index (χ0) is 13.5. The molecule has 0 bridgehead atoms. The van der Waals surface area contributed by atoms with Crippen LogP contribution < -0.4 is 5.32 Å². The van der Waals surface area contributed by atoms with Crippen molar-refractivity contribution in [1.82, 2.24) is 5.32 Å². The van der Waals surface area contributed by atoms with Gasteiger partial charge in [0.25, 0.3) is 0 Å². The molecular formula is C16H35N. The Morgan fingerprint density at radius 2 is 1.47 bits per heavy atom. The van der Waals surface area contributed by atoms with Crippen LogP contribution in [0.3, 0.4) is 0 Å². The maximum absolute atomic E-state index is 3.66. The largest absolute Gasteiger partial charge is 0.314 e. The molecule has 3 unspecified atom stereocenters. The Morgan fingerprint density at radius 1 is 0.941 bits per heavy atom. The third-order valence-electron chi connectivity index (χ3n) is 3.52. The zero-order valence-electron chi connectivity index (χ0n) is 13.3. The topological polar surface area (TPSA) is 12.0 Å². The Labute approximate surface area is 110 Å². The van der Waals surface area contributed by atoms with Crippen molar-refractivity contribution in [1.29, 1.82) is 0 Å². The first-order chi connectivity index (χ1) is 7.78. The van der Waals surface area contributed by atoms with E-state index in [1.165, 1.54) is 25.7 Å². The molecule has 3 atom stereocenters. The van der Waals surface area contributed by atoms with Gasteiger partial charge in [0.1, 0.15) is 0 Å². The summed E-state index contributed by atoms with van der Waals surface area (Å²) in [4.78, 5) is 0. The fourth-order valence-corrected chi connectivity index (χ4v) is 2.82. The first-order valence-corrected chi connectivity index (χ1v) is 7.51. The standard InChI is InChI=1S/C16H35N/c1-8-13(3)10-15(17-9-2)11-14(4)12-16(5,6)7/h13-15,17H,8-12H2,1-7H3. The lowest BCUT2D eigenvalue weighted by Gasteiger charge is -2.28. The average molecular weight is 241 g/mol. The van der Waals surface area contributed by atoms with Crippen LogP contribution in [0.15, 0.2) is 0 Å². The lowest BCUT2D eigenvalue weighted by molar-refractivity contribution is 0.261. The van der Waals surface area contributed by atoms with E-state index in [1.54, 1.807) is 0 Å². The van der Waals surface area contributed by atoms with E-state index in [0.29, 0.717) is 11.5 Å². The van der Waals surface area contributed by atoms with E-state index >= 15 is 0 Å². The molecule has 1 N–H and O–H groups in total. The summed E-state index contributed by atoms with van der Waals surface area (Å²) in [5.74, 6) is 1.67. The van der Waals surface area contributed by atoms with E-state index in [1.807, 2.05) is 0 Å². The summed E-state index contributed by atoms with van der Waals surface area (Å²) < 4.78 is 0. The lowest BCUT2D eigenvalue weighted by atomic mass is 9.81. The SMILES string of the molecule is CCNC(CC(C)CC)CC(C)CC(C)(C)C. The molecule has 0 saturated heterocycles. The van der Waals surface area contributed by atoms with Crippen LogP contribution in [0, 0.1) is 17.3 Å². The van der Waals surface area contributed by atoms with Gasteiger partial charge in [-0.2, -0.15) is 0 Å². The number of hydrogen-bond donors (Lipinski definition) is 1. The minimum atomic E-state index is 0.465. The van der Waals surface area contributed by atoms with E-state index in [-0.39, 0.29) is 0 Å². The van der Waals surface area contributed by atoms with E-state index in [4.69, 9.17) is 0 Å². The second-order valence-electron chi connectivity index (χ2n) is 7.11. The summed E-state index contributed by atoms with van der Waals surface area (Å²) in [5.41, 5.74) is 0.465. The Bertz CT molecular complexity index is 180. The molecule has 1 heteroatoms. The van der Waals surface area contributed by atoms with Gasteiger partial charge in [0.05, 0.1) is 0 Å². The minimum Gasteiger partial charge on any atom is -0.314 e. The van der Waals surface area contributed by atoms with Gasteiger partial charge in [0.2, 0.25) is 0 Å². The molecule has 0 spiro atoms.